The van der Waals surface area contributed by atoms with Crippen molar-refractivity contribution < 1.29 is 37.6 Å². The lowest BCUT2D eigenvalue weighted by Crippen LogP contribution is -2.29. The van der Waals surface area contributed by atoms with Gasteiger partial charge in [0.1, 0.15) is 6.61 Å². The number of phosphoric ester groups is 1. The van der Waals surface area contributed by atoms with E-state index in [1.165, 1.54) is 0 Å². The predicted molar refractivity (Wildman–Crippen MR) is 329 cm³/mol. The molecule has 77 heavy (non-hydrogen) atoms. The van der Waals surface area contributed by atoms with E-state index in [1.54, 1.807) is 0 Å². The van der Waals surface area contributed by atoms with Crippen molar-refractivity contribution >= 4 is 19.8 Å². The van der Waals surface area contributed by atoms with Gasteiger partial charge in [0.25, 0.3) is 0 Å². The zero-order valence-corrected chi connectivity index (χ0v) is 48.7. The van der Waals surface area contributed by atoms with Gasteiger partial charge in [-0.25, -0.2) is 4.57 Å². The molecule has 0 spiro atoms. The molecule has 0 rings (SSSR count). The van der Waals surface area contributed by atoms with Gasteiger partial charge in [0.15, 0.2) is 6.10 Å². The lowest BCUT2D eigenvalue weighted by atomic mass is 10.1. The minimum absolute atomic E-state index is 0.0348. The highest BCUT2D eigenvalue weighted by Crippen LogP contribution is 2.43. The summed E-state index contributed by atoms with van der Waals surface area (Å²) in [6, 6.07) is 0. The maximum Gasteiger partial charge on any atom is 0.472 e. The number of esters is 2. The van der Waals surface area contributed by atoms with Crippen LogP contribution in [0.5, 0.6) is 0 Å². The second-order valence-electron chi connectivity index (χ2n) is 18.4. The van der Waals surface area contributed by atoms with Crippen molar-refractivity contribution in [2.45, 2.75) is 200 Å². The third kappa shape index (κ3) is 60.2. The van der Waals surface area contributed by atoms with Crippen LogP contribution >= 0.6 is 7.82 Å². The Morgan fingerprint density at radius 2 is 0.675 bits per heavy atom. The first-order valence-electron chi connectivity index (χ1n) is 29.3. The number of phosphoric acid groups is 1. The number of ether oxygens (including phenoxy) is 2. The molecule has 0 aliphatic heterocycles. The summed E-state index contributed by atoms with van der Waals surface area (Å²) in [5.41, 5.74) is 5.38. The zero-order valence-electron chi connectivity index (χ0n) is 47.9. The lowest BCUT2D eigenvalue weighted by molar-refractivity contribution is -0.161. The number of carbonyl (C=O) groups is 2. The van der Waals surface area contributed by atoms with Crippen molar-refractivity contribution in [1.82, 2.24) is 0 Å². The van der Waals surface area contributed by atoms with Crippen molar-refractivity contribution in [1.29, 1.82) is 0 Å². The average Bonchev–Trinajstić information content (AvgIpc) is 3.42. The van der Waals surface area contributed by atoms with E-state index >= 15 is 0 Å². The van der Waals surface area contributed by atoms with Crippen molar-refractivity contribution in [2.24, 2.45) is 5.73 Å². The molecule has 0 aromatic carbocycles. The predicted octanol–water partition coefficient (Wildman–Crippen LogP) is 18.8. The summed E-state index contributed by atoms with van der Waals surface area (Å²) < 4.78 is 33.0. The van der Waals surface area contributed by atoms with E-state index < -0.39 is 32.5 Å². The van der Waals surface area contributed by atoms with Crippen molar-refractivity contribution in [2.75, 3.05) is 26.4 Å². The maximum absolute atomic E-state index is 12.7. The minimum atomic E-state index is -4.42. The standard InChI is InChI=1S/C67H104NO8P/c1-3-5-7-9-11-13-15-17-19-21-23-25-27-28-29-30-31-32-33-34-35-36-38-40-42-44-46-48-50-52-54-56-58-60-67(70)76-65(64-75-77(71,72)74-62-61-68)63-73-66(69)59-57-55-53-51-49-47-45-43-41-39-37-26-24-22-20-18-16-14-12-10-8-6-4-2/h5-8,11-14,17-20,23-26,28-29,31-32,34-35,38-41,44-47,65H,3-4,9-10,15-16,21-22,27,30,33,36-37,42-43,48-64,68H2,1-2H3,(H,71,72)/b7-5-,8-6-,13-11-,14-12-,19-17-,20-18-,25-23-,26-24-,29-28-,32-31-,35-34-,40-38-,41-39-,46-44-,47-45-. The number of hydrogen-bond acceptors (Lipinski definition) is 8. The van der Waals surface area contributed by atoms with Gasteiger partial charge in [-0.1, -0.05) is 228 Å². The van der Waals surface area contributed by atoms with E-state index in [-0.39, 0.29) is 32.6 Å². The van der Waals surface area contributed by atoms with Crippen molar-refractivity contribution in [3.63, 3.8) is 0 Å². The summed E-state index contributed by atoms with van der Waals surface area (Å²) >= 11 is 0. The SMILES string of the molecule is CC/C=C\C/C=C\C/C=C\C/C=C\C/C=C\C/C=C\C/C=C\C/C=C\C/C=C\CCCCCCCC(=O)OC(COC(=O)CCCCCC/C=C\C/C=C\C/C=C\C/C=C\C/C=C\C/C=C\CC)COP(=O)(O)OCCN. The molecule has 3 N–H and O–H groups in total. The molecule has 0 aromatic rings. The topological polar surface area (TPSA) is 134 Å². The summed E-state index contributed by atoms with van der Waals surface area (Å²) in [6.07, 6.45) is 90.8. The van der Waals surface area contributed by atoms with Crippen LogP contribution in [0.4, 0.5) is 0 Å². The molecule has 10 heteroatoms. The van der Waals surface area contributed by atoms with E-state index in [1.807, 2.05) is 0 Å². The minimum Gasteiger partial charge on any atom is -0.462 e. The fourth-order valence-corrected chi connectivity index (χ4v) is 7.81. The van der Waals surface area contributed by atoms with Gasteiger partial charge in [0, 0.05) is 19.4 Å². The normalized spacial score (nSPS) is 14.4. The quantitative estimate of drug-likeness (QED) is 0.0264. The van der Waals surface area contributed by atoms with Crippen LogP contribution in [0.15, 0.2) is 182 Å². The Morgan fingerprint density at radius 3 is 1.00 bits per heavy atom. The molecule has 0 radical (unpaired) electrons. The van der Waals surface area contributed by atoms with Crippen molar-refractivity contribution in [3.05, 3.63) is 182 Å². The van der Waals surface area contributed by atoms with E-state index in [0.717, 1.165) is 154 Å². The van der Waals surface area contributed by atoms with Gasteiger partial charge < -0.3 is 20.1 Å². The number of hydrogen-bond donors (Lipinski definition) is 2. The van der Waals surface area contributed by atoms with Crippen LogP contribution in [0.2, 0.25) is 0 Å². The molecule has 0 saturated carbocycles. The molecule has 0 aromatic heterocycles. The second-order valence-corrected chi connectivity index (χ2v) is 19.8. The third-order valence-corrected chi connectivity index (χ3v) is 12.3. The summed E-state index contributed by atoms with van der Waals surface area (Å²) in [4.78, 5) is 35.2. The number of unbranched alkanes of at least 4 members (excludes halogenated alkanes) is 9. The van der Waals surface area contributed by atoms with Crippen LogP contribution in [0.3, 0.4) is 0 Å². The Kier molecular flexibility index (Phi) is 56.5. The van der Waals surface area contributed by atoms with Gasteiger partial charge in [-0.15, -0.1) is 0 Å². The molecule has 0 fully saturated rings. The highest BCUT2D eigenvalue weighted by molar-refractivity contribution is 7.47. The molecular weight excluding hydrogens is 978 g/mol. The lowest BCUT2D eigenvalue weighted by Gasteiger charge is -2.19. The molecule has 0 aliphatic rings. The van der Waals surface area contributed by atoms with E-state index in [4.69, 9.17) is 24.3 Å². The first kappa shape index (κ1) is 72.1. The Bertz CT molecular complexity index is 1910. The van der Waals surface area contributed by atoms with Gasteiger partial charge in [0.2, 0.25) is 0 Å². The van der Waals surface area contributed by atoms with Gasteiger partial charge in [-0.3, -0.25) is 18.6 Å². The molecule has 0 bridgehead atoms. The smallest absolute Gasteiger partial charge is 0.462 e. The maximum atomic E-state index is 12.7. The first-order valence-corrected chi connectivity index (χ1v) is 30.8. The first-order chi connectivity index (χ1) is 37.8. The second kappa shape index (κ2) is 60.3. The fourth-order valence-electron chi connectivity index (χ4n) is 7.04. The van der Waals surface area contributed by atoms with Crippen LogP contribution < -0.4 is 5.73 Å². The Morgan fingerprint density at radius 1 is 0.390 bits per heavy atom. The Balaban J connectivity index is 4.15. The highest BCUT2D eigenvalue weighted by atomic mass is 31.2. The Hall–Kier alpha value is -4.89. The summed E-state index contributed by atoms with van der Waals surface area (Å²) in [7, 11) is -4.42. The largest absolute Gasteiger partial charge is 0.472 e. The van der Waals surface area contributed by atoms with E-state index in [2.05, 4.69) is 196 Å². The van der Waals surface area contributed by atoms with Gasteiger partial charge >= 0.3 is 19.8 Å². The zero-order chi connectivity index (χ0) is 55.9. The molecule has 2 unspecified atom stereocenters. The monoisotopic (exact) mass is 1080 g/mol. The number of nitrogens with two attached hydrogens (primary N) is 1. The molecule has 0 aliphatic carbocycles. The molecule has 0 heterocycles. The summed E-state index contributed by atoms with van der Waals surface area (Å²) in [5.74, 6) is -0.897. The van der Waals surface area contributed by atoms with Crippen LogP contribution in [0.1, 0.15) is 194 Å². The van der Waals surface area contributed by atoms with Crippen molar-refractivity contribution in [3.8, 4) is 0 Å². The number of carbonyl (C=O) groups excluding carboxylic acids is 2. The average molecular weight is 1080 g/mol. The molecule has 2 atom stereocenters. The fraction of sp³-hybridized carbons (Fsp3) is 0.522. The molecular formula is C67H104NO8P. The van der Waals surface area contributed by atoms with Crippen LogP contribution in [-0.4, -0.2) is 49.3 Å². The van der Waals surface area contributed by atoms with Gasteiger partial charge in [-0.2, -0.15) is 0 Å². The van der Waals surface area contributed by atoms with Crippen LogP contribution in [0.25, 0.3) is 0 Å². The molecule has 430 valence electrons. The highest BCUT2D eigenvalue weighted by Gasteiger charge is 2.26. The van der Waals surface area contributed by atoms with Crippen LogP contribution in [-0.2, 0) is 32.7 Å². The third-order valence-electron chi connectivity index (χ3n) is 11.3. The van der Waals surface area contributed by atoms with E-state index in [0.29, 0.717) is 12.8 Å². The van der Waals surface area contributed by atoms with E-state index in [9.17, 15) is 19.0 Å². The molecule has 0 amide bonds. The van der Waals surface area contributed by atoms with Gasteiger partial charge in [-0.05, 0) is 135 Å². The summed E-state index contributed by atoms with van der Waals surface area (Å²) in [6.45, 7) is 3.43. The Labute approximate surface area is 469 Å². The number of rotatable bonds is 52. The summed E-state index contributed by atoms with van der Waals surface area (Å²) in [5, 5.41) is 0. The van der Waals surface area contributed by atoms with Crippen LogP contribution in [0, 0.1) is 0 Å². The molecule has 0 saturated heterocycles. The number of allylic oxidation sites excluding steroid dienone is 30. The van der Waals surface area contributed by atoms with Gasteiger partial charge in [0.05, 0.1) is 13.2 Å². The molecule has 9 nitrogen and oxygen atoms in total.